The molecule has 1 heterocycles. The Morgan fingerprint density at radius 2 is 1.64 bits per heavy atom. The lowest BCUT2D eigenvalue weighted by atomic mass is 10.0. The molecule has 0 radical (unpaired) electrons. The predicted molar refractivity (Wildman–Crippen MR) is 101 cm³/mol. The minimum absolute atomic E-state index is 0.434. The van der Waals surface area contributed by atoms with Crippen LogP contribution in [0.3, 0.4) is 0 Å². The molecular formula is C21H16N2O2. The van der Waals surface area contributed by atoms with E-state index in [-0.39, 0.29) is 0 Å². The Balaban J connectivity index is 1.83. The van der Waals surface area contributed by atoms with Crippen molar-refractivity contribution in [2.24, 2.45) is 0 Å². The largest absolute Gasteiger partial charge is 0.342 e. The molecule has 0 aliphatic rings. The number of nitro groups is 1. The third kappa shape index (κ3) is 2.90. The maximum atomic E-state index is 10.7. The topological polar surface area (TPSA) is 48.1 Å². The third-order valence-electron chi connectivity index (χ3n) is 4.42. The van der Waals surface area contributed by atoms with Gasteiger partial charge in [-0.1, -0.05) is 60.7 Å². The number of hydrogen-bond donors (Lipinski definition) is 0. The van der Waals surface area contributed by atoms with Gasteiger partial charge in [0.1, 0.15) is 0 Å². The smallest absolute Gasteiger partial charge is 0.235 e. The van der Waals surface area contributed by atoms with Crippen molar-refractivity contribution in [2.45, 2.75) is 6.54 Å². The first-order valence-corrected chi connectivity index (χ1v) is 8.08. The molecule has 3 aromatic carbocycles. The lowest BCUT2D eigenvalue weighted by molar-refractivity contribution is -0.400. The number of hydrogen-bond acceptors (Lipinski definition) is 2. The molecule has 122 valence electrons. The molecule has 0 fully saturated rings. The highest BCUT2D eigenvalue weighted by Crippen LogP contribution is 2.26. The number of rotatable bonds is 4. The van der Waals surface area contributed by atoms with Crippen LogP contribution >= 0.6 is 0 Å². The van der Waals surface area contributed by atoms with Crippen molar-refractivity contribution >= 4 is 27.8 Å². The van der Waals surface area contributed by atoms with Crippen LogP contribution in [-0.4, -0.2) is 9.49 Å². The zero-order chi connectivity index (χ0) is 17.2. The number of fused-ring (bicyclic) bond motifs is 2. The van der Waals surface area contributed by atoms with Gasteiger partial charge in [0.05, 0.1) is 4.92 Å². The van der Waals surface area contributed by atoms with Gasteiger partial charge < -0.3 is 4.57 Å². The van der Waals surface area contributed by atoms with E-state index < -0.39 is 4.92 Å². The first kappa shape index (κ1) is 15.1. The number of benzene rings is 3. The lowest BCUT2D eigenvalue weighted by Gasteiger charge is -2.09. The van der Waals surface area contributed by atoms with Gasteiger partial charge in [-0.15, -0.1) is 0 Å². The Morgan fingerprint density at radius 3 is 2.48 bits per heavy atom. The van der Waals surface area contributed by atoms with Crippen molar-refractivity contribution in [1.29, 1.82) is 0 Å². The van der Waals surface area contributed by atoms with Gasteiger partial charge in [0.15, 0.2) is 0 Å². The maximum absolute atomic E-state index is 10.7. The lowest BCUT2D eigenvalue weighted by Crippen LogP contribution is -1.98. The number of aromatic nitrogens is 1. The summed E-state index contributed by atoms with van der Waals surface area (Å²) in [5, 5.41) is 14.1. The van der Waals surface area contributed by atoms with Crippen molar-refractivity contribution in [1.82, 2.24) is 4.57 Å². The van der Waals surface area contributed by atoms with E-state index in [1.54, 1.807) is 6.08 Å². The highest BCUT2D eigenvalue weighted by molar-refractivity contribution is 5.90. The molecule has 4 heteroatoms. The SMILES string of the molecule is O=[N+]([O-])/C=C/c1cn(Cc2cccc3ccccc23)c2ccccc12. The molecule has 0 spiro atoms. The van der Waals surface area contributed by atoms with Crippen molar-refractivity contribution in [2.75, 3.05) is 0 Å². The van der Waals surface area contributed by atoms with E-state index in [2.05, 4.69) is 34.9 Å². The van der Waals surface area contributed by atoms with E-state index in [1.807, 2.05) is 42.6 Å². The van der Waals surface area contributed by atoms with Gasteiger partial charge in [-0.25, -0.2) is 0 Å². The summed E-state index contributed by atoms with van der Waals surface area (Å²) >= 11 is 0. The zero-order valence-corrected chi connectivity index (χ0v) is 13.5. The summed E-state index contributed by atoms with van der Waals surface area (Å²) in [4.78, 5) is 10.2. The molecule has 1 aromatic heterocycles. The van der Waals surface area contributed by atoms with Crippen LogP contribution in [0.1, 0.15) is 11.1 Å². The van der Waals surface area contributed by atoms with Crippen LogP contribution in [0.25, 0.3) is 27.8 Å². The summed E-state index contributed by atoms with van der Waals surface area (Å²) in [6, 6.07) is 22.6. The molecule has 4 rings (SSSR count). The van der Waals surface area contributed by atoms with Gasteiger partial charge in [-0.05, 0) is 22.4 Å². The molecule has 25 heavy (non-hydrogen) atoms. The Bertz CT molecular complexity index is 1100. The van der Waals surface area contributed by atoms with Crippen LogP contribution in [0.2, 0.25) is 0 Å². The molecule has 4 aromatic rings. The second kappa shape index (κ2) is 6.24. The molecule has 0 aliphatic heterocycles. The predicted octanol–water partition coefficient (Wildman–Crippen LogP) is 5.09. The van der Waals surface area contributed by atoms with Crippen molar-refractivity contribution < 1.29 is 4.92 Å². The van der Waals surface area contributed by atoms with Crippen LogP contribution in [0.4, 0.5) is 0 Å². The van der Waals surface area contributed by atoms with Crippen molar-refractivity contribution in [3.8, 4) is 0 Å². The first-order valence-electron chi connectivity index (χ1n) is 8.08. The van der Waals surface area contributed by atoms with Gasteiger partial charge in [0.2, 0.25) is 6.20 Å². The van der Waals surface area contributed by atoms with Gasteiger partial charge >= 0.3 is 0 Å². The molecule has 0 saturated carbocycles. The summed E-state index contributed by atoms with van der Waals surface area (Å²) < 4.78 is 2.15. The molecule has 4 nitrogen and oxygen atoms in total. The van der Waals surface area contributed by atoms with Gasteiger partial charge in [0, 0.05) is 35.3 Å². The summed E-state index contributed by atoms with van der Waals surface area (Å²) in [7, 11) is 0. The highest BCUT2D eigenvalue weighted by Gasteiger charge is 2.09. The van der Waals surface area contributed by atoms with Gasteiger partial charge in [-0.2, -0.15) is 0 Å². The van der Waals surface area contributed by atoms with E-state index in [1.165, 1.54) is 16.3 Å². The molecular weight excluding hydrogens is 312 g/mol. The second-order valence-corrected chi connectivity index (χ2v) is 5.97. The third-order valence-corrected chi connectivity index (χ3v) is 4.42. The Kier molecular flexibility index (Phi) is 3.78. The van der Waals surface area contributed by atoms with Crippen LogP contribution in [0.5, 0.6) is 0 Å². The minimum Gasteiger partial charge on any atom is -0.342 e. The first-order chi connectivity index (χ1) is 12.2. The van der Waals surface area contributed by atoms with Crippen LogP contribution < -0.4 is 0 Å². The average Bonchev–Trinajstić information content (AvgIpc) is 2.98. The summed E-state index contributed by atoms with van der Waals surface area (Å²) in [5.41, 5.74) is 3.15. The normalized spacial score (nSPS) is 11.5. The fraction of sp³-hybridized carbons (Fsp3) is 0.0476. The van der Waals surface area contributed by atoms with E-state index in [9.17, 15) is 10.1 Å². The molecule has 0 saturated heterocycles. The van der Waals surface area contributed by atoms with E-state index in [0.717, 1.165) is 22.7 Å². The molecule has 0 atom stereocenters. The highest BCUT2D eigenvalue weighted by atomic mass is 16.6. The Hall–Kier alpha value is -3.40. The van der Waals surface area contributed by atoms with E-state index >= 15 is 0 Å². The van der Waals surface area contributed by atoms with Crippen LogP contribution in [-0.2, 0) is 6.54 Å². The number of nitrogens with zero attached hydrogens (tertiary/aromatic N) is 2. The molecule has 0 bridgehead atoms. The second-order valence-electron chi connectivity index (χ2n) is 5.97. The fourth-order valence-electron chi connectivity index (χ4n) is 3.29. The molecule has 0 N–H and O–H groups in total. The van der Waals surface area contributed by atoms with Crippen molar-refractivity contribution in [3.63, 3.8) is 0 Å². The Labute approximate surface area is 144 Å². The quantitative estimate of drug-likeness (QED) is 0.387. The van der Waals surface area contributed by atoms with Gasteiger partial charge in [0.25, 0.3) is 0 Å². The fourth-order valence-corrected chi connectivity index (χ4v) is 3.29. The summed E-state index contributed by atoms with van der Waals surface area (Å²) in [5.74, 6) is 0. The maximum Gasteiger partial charge on any atom is 0.235 e. The standard InChI is InChI=1S/C21H16N2O2/c24-23(25)13-12-18-15-22(21-11-4-3-10-20(18)21)14-17-8-5-7-16-6-1-2-9-19(16)17/h1-13,15H,14H2/b13-12+. The Morgan fingerprint density at radius 1 is 0.920 bits per heavy atom. The van der Waals surface area contributed by atoms with E-state index in [4.69, 9.17) is 0 Å². The minimum atomic E-state index is -0.434. The van der Waals surface area contributed by atoms with Crippen molar-refractivity contribution in [3.05, 3.63) is 100 Å². The van der Waals surface area contributed by atoms with Crippen LogP contribution in [0, 0.1) is 10.1 Å². The van der Waals surface area contributed by atoms with Crippen LogP contribution in [0.15, 0.2) is 79.1 Å². The zero-order valence-electron chi connectivity index (χ0n) is 13.5. The molecule has 0 amide bonds. The monoisotopic (exact) mass is 328 g/mol. The van der Waals surface area contributed by atoms with Gasteiger partial charge in [-0.3, -0.25) is 10.1 Å². The van der Waals surface area contributed by atoms with E-state index in [0.29, 0.717) is 6.54 Å². The summed E-state index contributed by atoms with van der Waals surface area (Å²) in [6.07, 6.45) is 4.53. The number of para-hydroxylation sites is 1. The summed E-state index contributed by atoms with van der Waals surface area (Å²) in [6.45, 7) is 0.716. The molecule has 0 unspecified atom stereocenters. The average molecular weight is 328 g/mol. The molecule has 0 aliphatic carbocycles.